The molecule has 1 unspecified atom stereocenters. The summed E-state index contributed by atoms with van der Waals surface area (Å²) in [7, 11) is -5.29. The maximum atomic E-state index is 6.52. The standard InChI is InChI=1S/C17H45N2O3Si4/c1-23(2)16-21-25(6,7)15-13-20-26(8,17-22-24(3,4)5)14-9-11-19-12-10-18/h19H,9-18H2,1-8H3. The van der Waals surface area contributed by atoms with Crippen molar-refractivity contribution in [3.05, 3.63) is 0 Å². The Morgan fingerprint density at radius 2 is 1.54 bits per heavy atom. The lowest BCUT2D eigenvalue weighted by molar-refractivity contribution is 0.268. The summed E-state index contributed by atoms with van der Waals surface area (Å²) in [6.07, 6.45) is 2.91. The van der Waals surface area contributed by atoms with Crippen LogP contribution in [-0.2, 0) is 13.3 Å². The zero-order chi connectivity index (χ0) is 20.3. The molecule has 0 fully saturated rings. The lowest BCUT2D eigenvalue weighted by Gasteiger charge is -2.32. The molecule has 5 nitrogen and oxygen atoms in total. The van der Waals surface area contributed by atoms with Crippen LogP contribution in [0.3, 0.4) is 0 Å². The first-order valence-electron chi connectivity index (χ1n) is 10.0. The van der Waals surface area contributed by atoms with Gasteiger partial charge in [-0.05, 0) is 64.3 Å². The van der Waals surface area contributed by atoms with Crippen molar-refractivity contribution in [3.63, 3.8) is 0 Å². The molecule has 26 heavy (non-hydrogen) atoms. The lowest BCUT2D eigenvalue weighted by atomic mass is 10.5. The van der Waals surface area contributed by atoms with Crippen molar-refractivity contribution < 1.29 is 13.3 Å². The molecular weight excluding hydrogens is 393 g/mol. The molecule has 0 aliphatic rings. The van der Waals surface area contributed by atoms with Gasteiger partial charge in [-0.25, -0.2) is 0 Å². The molecule has 1 radical (unpaired) electrons. The second-order valence-corrected chi connectivity index (χ2v) is 24.8. The zero-order valence-corrected chi connectivity index (χ0v) is 22.7. The van der Waals surface area contributed by atoms with Crippen LogP contribution < -0.4 is 11.1 Å². The molecule has 157 valence electrons. The van der Waals surface area contributed by atoms with Gasteiger partial charge in [0.05, 0.1) is 15.0 Å². The van der Waals surface area contributed by atoms with Gasteiger partial charge in [0.1, 0.15) is 0 Å². The fraction of sp³-hybridized carbons (Fsp3) is 1.00. The highest BCUT2D eigenvalue weighted by molar-refractivity contribution is 6.75. The van der Waals surface area contributed by atoms with Gasteiger partial charge in [-0.3, -0.25) is 0 Å². The molecule has 1 atom stereocenters. The number of hydrogen-bond donors (Lipinski definition) is 2. The predicted octanol–water partition coefficient (Wildman–Crippen LogP) is 3.42. The Labute approximate surface area is 167 Å². The van der Waals surface area contributed by atoms with Gasteiger partial charge in [0.25, 0.3) is 0 Å². The number of nitrogens with one attached hydrogen (secondary N) is 1. The van der Waals surface area contributed by atoms with E-state index in [2.05, 4.69) is 57.7 Å². The summed E-state index contributed by atoms with van der Waals surface area (Å²) < 4.78 is 19.0. The van der Waals surface area contributed by atoms with Gasteiger partial charge >= 0.3 is 0 Å². The van der Waals surface area contributed by atoms with Gasteiger partial charge in [0.2, 0.25) is 8.32 Å². The van der Waals surface area contributed by atoms with Crippen molar-refractivity contribution in [2.24, 2.45) is 5.73 Å². The molecule has 0 aliphatic heterocycles. The van der Waals surface area contributed by atoms with Gasteiger partial charge in [0.15, 0.2) is 16.6 Å². The predicted molar refractivity (Wildman–Crippen MR) is 124 cm³/mol. The molecule has 0 heterocycles. The summed E-state index contributed by atoms with van der Waals surface area (Å²) in [5, 5.41) is 3.39. The molecule has 9 heteroatoms. The van der Waals surface area contributed by atoms with E-state index in [-0.39, 0.29) is 8.80 Å². The number of rotatable bonds is 16. The smallest absolute Gasteiger partial charge is 0.213 e. The molecule has 0 aromatic carbocycles. The normalized spacial score (nSPS) is 15.5. The Morgan fingerprint density at radius 1 is 0.885 bits per heavy atom. The van der Waals surface area contributed by atoms with Crippen LogP contribution in [0.1, 0.15) is 6.42 Å². The van der Waals surface area contributed by atoms with Crippen molar-refractivity contribution in [2.45, 2.75) is 70.9 Å². The van der Waals surface area contributed by atoms with Crippen LogP contribution in [0.15, 0.2) is 0 Å². The highest BCUT2D eigenvalue weighted by Crippen LogP contribution is 2.20. The molecule has 0 rings (SSSR count). The molecule has 0 aromatic rings. The van der Waals surface area contributed by atoms with Gasteiger partial charge in [-0.1, -0.05) is 13.1 Å². The van der Waals surface area contributed by atoms with E-state index >= 15 is 0 Å². The Morgan fingerprint density at radius 3 is 2.08 bits per heavy atom. The van der Waals surface area contributed by atoms with E-state index in [4.69, 9.17) is 19.0 Å². The Bertz CT molecular complexity index is 368. The van der Waals surface area contributed by atoms with Gasteiger partial charge in [0, 0.05) is 25.9 Å². The maximum Gasteiger partial charge on any atom is 0.213 e. The molecule has 3 N–H and O–H groups in total. The van der Waals surface area contributed by atoms with Crippen LogP contribution in [0.25, 0.3) is 0 Å². The van der Waals surface area contributed by atoms with E-state index in [1.54, 1.807) is 0 Å². The Kier molecular flexibility index (Phi) is 13.3. The van der Waals surface area contributed by atoms with Gasteiger partial charge in [-0.2, -0.15) is 0 Å². The number of hydrogen-bond acceptors (Lipinski definition) is 5. The molecule has 0 aliphatic carbocycles. The average molecular weight is 438 g/mol. The number of nitrogens with two attached hydrogens (primary N) is 1. The van der Waals surface area contributed by atoms with Crippen LogP contribution >= 0.6 is 0 Å². The minimum atomic E-state index is -1.85. The minimum Gasteiger partial charge on any atom is -0.421 e. The van der Waals surface area contributed by atoms with E-state index in [1.165, 1.54) is 0 Å². The summed E-state index contributed by atoms with van der Waals surface area (Å²) in [5.74, 6) is 0. The van der Waals surface area contributed by atoms with E-state index in [1.807, 2.05) is 0 Å². The van der Waals surface area contributed by atoms with Crippen LogP contribution in [0.5, 0.6) is 0 Å². The van der Waals surface area contributed by atoms with Crippen molar-refractivity contribution in [1.82, 2.24) is 5.32 Å². The van der Waals surface area contributed by atoms with Gasteiger partial charge in [-0.15, -0.1) is 0 Å². The summed E-state index contributed by atoms with van der Waals surface area (Å²) in [6, 6.07) is 2.21. The summed E-state index contributed by atoms with van der Waals surface area (Å²) in [6.45, 7) is 21.8. The third kappa shape index (κ3) is 15.7. The third-order valence-electron chi connectivity index (χ3n) is 4.10. The SMILES string of the molecule is C[Si](C)CO[Si](C)(C)CCO[Si](C)(CCCNCCN)CO[Si](C)(C)C. The lowest BCUT2D eigenvalue weighted by Crippen LogP contribution is -2.46. The average Bonchev–Trinajstić information content (AvgIpc) is 2.50. The van der Waals surface area contributed by atoms with E-state index in [0.29, 0.717) is 6.54 Å². The molecule has 0 saturated carbocycles. The molecule has 0 bridgehead atoms. The largest absolute Gasteiger partial charge is 0.421 e. The van der Waals surface area contributed by atoms with Crippen molar-refractivity contribution in [2.75, 3.05) is 38.7 Å². The topological polar surface area (TPSA) is 65.7 Å². The Balaban J connectivity index is 4.49. The van der Waals surface area contributed by atoms with Gasteiger partial charge < -0.3 is 24.3 Å². The second-order valence-electron chi connectivity index (χ2n) is 9.35. The summed E-state index contributed by atoms with van der Waals surface area (Å²) in [4.78, 5) is 0. The van der Waals surface area contributed by atoms with Crippen LogP contribution in [0.4, 0.5) is 0 Å². The first kappa shape index (κ1) is 26.7. The van der Waals surface area contributed by atoms with Crippen molar-refractivity contribution in [1.29, 1.82) is 0 Å². The fourth-order valence-corrected chi connectivity index (χ4v) is 10.8. The Hall–Kier alpha value is 0.668. The van der Waals surface area contributed by atoms with E-state index in [9.17, 15) is 0 Å². The molecule has 0 aromatic heterocycles. The molecule has 0 amide bonds. The fourth-order valence-electron chi connectivity index (χ4n) is 2.32. The second kappa shape index (κ2) is 13.0. The highest BCUT2D eigenvalue weighted by atomic mass is 28.4. The first-order valence-corrected chi connectivity index (χ1v) is 22.1. The third-order valence-corrected chi connectivity index (χ3v) is 11.8. The maximum absolute atomic E-state index is 6.52. The quantitative estimate of drug-likeness (QED) is 0.286. The molecule has 0 saturated heterocycles. The molecular formula is C17H45N2O3Si4. The van der Waals surface area contributed by atoms with E-state index in [0.717, 1.165) is 50.7 Å². The van der Waals surface area contributed by atoms with Crippen LogP contribution in [0, 0.1) is 0 Å². The molecule has 0 spiro atoms. The summed E-state index contributed by atoms with van der Waals surface area (Å²) in [5.41, 5.74) is 5.54. The first-order chi connectivity index (χ1) is 11.9. The highest BCUT2D eigenvalue weighted by Gasteiger charge is 2.33. The van der Waals surface area contributed by atoms with Crippen LogP contribution in [-0.4, -0.2) is 72.5 Å². The van der Waals surface area contributed by atoms with E-state index < -0.39 is 25.0 Å². The zero-order valence-electron chi connectivity index (χ0n) is 18.7. The van der Waals surface area contributed by atoms with Crippen molar-refractivity contribution >= 4 is 33.7 Å². The van der Waals surface area contributed by atoms with Crippen molar-refractivity contribution in [3.8, 4) is 0 Å². The summed E-state index contributed by atoms with van der Waals surface area (Å²) >= 11 is 0. The monoisotopic (exact) mass is 437 g/mol. The minimum absolute atomic E-state index is 0.315. The van der Waals surface area contributed by atoms with Crippen LogP contribution in [0.2, 0.25) is 64.5 Å².